The highest BCUT2D eigenvalue weighted by Crippen LogP contribution is 2.22. The number of anilines is 1. The van der Waals surface area contributed by atoms with Crippen LogP contribution < -0.4 is 4.90 Å². The molecule has 0 unspecified atom stereocenters. The molecule has 17 heavy (non-hydrogen) atoms. The molecule has 0 saturated heterocycles. The van der Waals surface area contributed by atoms with Gasteiger partial charge in [-0.05, 0) is 32.4 Å². The van der Waals surface area contributed by atoms with Crippen molar-refractivity contribution in [2.24, 2.45) is 0 Å². The molecule has 0 aliphatic rings. The van der Waals surface area contributed by atoms with E-state index in [2.05, 4.69) is 10.9 Å². The second-order valence-electron chi connectivity index (χ2n) is 3.80. The molecule has 0 saturated carbocycles. The molecule has 1 rings (SSSR count). The van der Waals surface area contributed by atoms with Crippen LogP contribution in [0.2, 0.25) is 0 Å². The van der Waals surface area contributed by atoms with E-state index in [1.807, 2.05) is 13.8 Å². The number of hydrogen-bond donors (Lipinski definition) is 1. The predicted octanol–water partition coefficient (Wildman–Crippen LogP) is 1.86. The quantitative estimate of drug-likeness (QED) is 0.805. The van der Waals surface area contributed by atoms with Crippen molar-refractivity contribution in [3.05, 3.63) is 22.9 Å². The summed E-state index contributed by atoms with van der Waals surface area (Å²) < 4.78 is 0. The summed E-state index contributed by atoms with van der Waals surface area (Å²) in [5.41, 5.74) is 1.72. The summed E-state index contributed by atoms with van der Waals surface area (Å²) in [5.74, 6) is 2.00. The van der Waals surface area contributed by atoms with Crippen LogP contribution in [0.25, 0.3) is 0 Å². The normalized spacial score (nSPS) is 9.76. The Morgan fingerprint density at radius 1 is 1.59 bits per heavy atom. The topological polar surface area (TPSA) is 53.4 Å². The smallest absolute Gasteiger partial charge is 0.339 e. The van der Waals surface area contributed by atoms with Gasteiger partial charge < -0.3 is 10.0 Å². The van der Waals surface area contributed by atoms with E-state index < -0.39 is 5.97 Å². The number of pyridine rings is 1. The van der Waals surface area contributed by atoms with Gasteiger partial charge in [0.15, 0.2) is 0 Å². The van der Waals surface area contributed by atoms with Gasteiger partial charge in [0.2, 0.25) is 0 Å². The van der Waals surface area contributed by atoms with Gasteiger partial charge in [0.05, 0.1) is 6.54 Å². The number of carboxylic acid groups (broad SMARTS) is 1. The Balaban J connectivity index is 3.39. The maximum Gasteiger partial charge on any atom is 0.339 e. The van der Waals surface area contributed by atoms with Gasteiger partial charge in [0.1, 0.15) is 11.4 Å². The lowest BCUT2D eigenvalue weighted by molar-refractivity contribution is 0.0696. The van der Waals surface area contributed by atoms with Crippen LogP contribution >= 0.6 is 0 Å². The molecule has 0 amide bonds. The van der Waals surface area contributed by atoms with E-state index in [4.69, 9.17) is 6.42 Å². The summed E-state index contributed by atoms with van der Waals surface area (Å²) in [4.78, 5) is 17.3. The van der Waals surface area contributed by atoms with E-state index in [1.54, 1.807) is 17.9 Å². The molecule has 1 N–H and O–H groups in total. The standard InChI is InChI=1S/C13H16N2O2/c1-5-7-15(6-2)12-11(13(16)17)9(3)8-10(4)14-12/h1,8H,6-7H2,2-4H3,(H,16,17). The summed E-state index contributed by atoms with van der Waals surface area (Å²) in [6.45, 7) is 6.51. The summed E-state index contributed by atoms with van der Waals surface area (Å²) in [5, 5.41) is 9.23. The minimum Gasteiger partial charge on any atom is -0.478 e. The van der Waals surface area contributed by atoms with Gasteiger partial charge in [-0.3, -0.25) is 0 Å². The molecule has 0 radical (unpaired) electrons. The van der Waals surface area contributed by atoms with E-state index in [-0.39, 0.29) is 5.56 Å². The average Bonchev–Trinajstić information content (AvgIpc) is 2.23. The van der Waals surface area contributed by atoms with Gasteiger partial charge in [-0.25, -0.2) is 9.78 Å². The number of terminal acetylenes is 1. The fourth-order valence-electron chi connectivity index (χ4n) is 1.76. The van der Waals surface area contributed by atoms with Crippen LogP contribution in [0.3, 0.4) is 0 Å². The number of hydrogen-bond acceptors (Lipinski definition) is 3. The Labute approximate surface area is 101 Å². The highest BCUT2D eigenvalue weighted by atomic mass is 16.4. The summed E-state index contributed by atoms with van der Waals surface area (Å²) in [6, 6.07) is 1.76. The van der Waals surface area contributed by atoms with Crippen molar-refractivity contribution < 1.29 is 9.90 Å². The second kappa shape index (κ2) is 5.35. The van der Waals surface area contributed by atoms with Crippen LogP contribution in [0.15, 0.2) is 6.07 Å². The molecule has 90 valence electrons. The molecule has 1 aromatic rings. The average molecular weight is 232 g/mol. The van der Waals surface area contributed by atoms with Crippen molar-refractivity contribution in [2.45, 2.75) is 20.8 Å². The van der Waals surface area contributed by atoms with E-state index in [0.717, 1.165) is 5.69 Å². The third-order valence-corrected chi connectivity index (χ3v) is 2.50. The Morgan fingerprint density at radius 3 is 2.71 bits per heavy atom. The zero-order valence-corrected chi connectivity index (χ0v) is 10.3. The van der Waals surface area contributed by atoms with Crippen LogP contribution in [0.1, 0.15) is 28.5 Å². The molecule has 0 aromatic carbocycles. The molecule has 0 bridgehead atoms. The van der Waals surface area contributed by atoms with Crippen molar-refractivity contribution in [1.82, 2.24) is 4.98 Å². The fourth-order valence-corrected chi connectivity index (χ4v) is 1.76. The monoisotopic (exact) mass is 232 g/mol. The van der Waals surface area contributed by atoms with Gasteiger partial charge >= 0.3 is 5.97 Å². The molecular formula is C13H16N2O2. The number of carboxylic acids is 1. The number of aromatic nitrogens is 1. The van der Waals surface area contributed by atoms with E-state index >= 15 is 0 Å². The third kappa shape index (κ3) is 2.76. The van der Waals surface area contributed by atoms with Gasteiger partial charge in [0.25, 0.3) is 0 Å². The third-order valence-electron chi connectivity index (χ3n) is 2.50. The first-order valence-electron chi connectivity index (χ1n) is 5.41. The molecule has 4 heteroatoms. The van der Waals surface area contributed by atoms with Gasteiger partial charge in [0, 0.05) is 12.2 Å². The van der Waals surface area contributed by atoms with E-state index in [1.165, 1.54) is 0 Å². The van der Waals surface area contributed by atoms with Crippen molar-refractivity contribution >= 4 is 11.8 Å². The highest BCUT2D eigenvalue weighted by molar-refractivity contribution is 5.95. The lowest BCUT2D eigenvalue weighted by atomic mass is 10.1. The summed E-state index contributed by atoms with van der Waals surface area (Å²) in [6.07, 6.45) is 5.28. The van der Waals surface area contributed by atoms with Crippen LogP contribution in [0.5, 0.6) is 0 Å². The van der Waals surface area contributed by atoms with Crippen LogP contribution in [-0.2, 0) is 0 Å². The van der Waals surface area contributed by atoms with Crippen molar-refractivity contribution in [3.8, 4) is 12.3 Å². The van der Waals surface area contributed by atoms with Gasteiger partial charge in [-0.15, -0.1) is 6.42 Å². The maximum absolute atomic E-state index is 11.3. The lowest BCUT2D eigenvalue weighted by Crippen LogP contribution is -2.27. The fraction of sp³-hybridized carbons (Fsp3) is 0.385. The van der Waals surface area contributed by atoms with Crippen molar-refractivity contribution in [1.29, 1.82) is 0 Å². The number of nitrogens with zero attached hydrogens (tertiary/aromatic N) is 2. The largest absolute Gasteiger partial charge is 0.478 e. The van der Waals surface area contributed by atoms with E-state index in [0.29, 0.717) is 24.5 Å². The first kappa shape index (κ1) is 13.0. The van der Waals surface area contributed by atoms with Crippen LogP contribution in [-0.4, -0.2) is 29.1 Å². The van der Waals surface area contributed by atoms with Crippen molar-refractivity contribution in [3.63, 3.8) is 0 Å². The zero-order valence-electron chi connectivity index (χ0n) is 10.3. The molecule has 1 heterocycles. The predicted molar refractivity (Wildman–Crippen MR) is 67.4 cm³/mol. The zero-order chi connectivity index (χ0) is 13.0. The summed E-state index contributed by atoms with van der Waals surface area (Å²) in [7, 11) is 0. The first-order valence-corrected chi connectivity index (χ1v) is 5.41. The Kier molecular flexibility index (Phi) is 4.11. The number of carbonyl (C=O) groups is 1. The first-order chi connectivity index (χ1) is 8.01. The molecule has 0 atom stereocenters. The maximum atomic E-state index is 11.3. The SMILES string of the molecule is C#CCN(CC)c1nc(C)cc(C)c1C(=O)O. The Morgan fingerprint density at radius 2 is 2.24 bits per heavy atom. The number of aromatic carboxylic acids is 1. The van der Waals surface area contributed by atoms with Crippen LogP contribution in [0.4, 0.5) is 5.82 Å². The molecule has 0 aliphatic carbocycles. The number of aryl methyl sites for hydroxylation is 2. The molecule has 0 fully saturated rings. The summed E-state index contributed by atoms with van der Waals surface area (Å²) >= 11 is 0. The number of rotatable bonds is 4. The van der Waals surface area contributed by atoms with Crippen LogP contribution in [0, 0.1) is 26.2 Å². The molecule has 1 aromatic heterocycles. The minimum atomic E-state index is -0.972. The van der Waals surface area contributed by atoms with Gasteiger partial charge in [-0.2, -0.15) is 0 Å². The molecular weight excluding hydrogens is 216 g/mol. The Hall–Kier alpha value is -2.02. The molecule has 4 nitrogen and oxygen atoms in total. The Bertz CT molecular complexity index is 475. The highest BCUT2D eigenvalue weighted by Gasteiger charge is 2.19. The van der Waals surface area contributed by atoms with Gasteiger partial charge in [-0.1, -0.05) is 5.92 Å². The lowest BCUT2D eigenvalue weighted by Gasteiger charge is -2.22. The van der Waals surface area contributed by atoms with E-state index in [9.17, 15) is 9.90 Å². The minimum absolute atomic E-state index is 0.229. The second-order valence-corrected chi connectivity index (χ2v) is 3.80. The molecule has 0 spiro atoms. The molecule has 0 aliphatic heterocycles. The van der Waals surface area contributed by atoms with Crippen molar-refractivity contribution in [2.75, 3.05) is 18.0 Å².